The van der Waals surface area contributed by atoms with Gasteiger partial charge in [0.1, 0.15) is 0 Å². The maximum atomic E-state index is 3.56. The molecule has 92 valence electrons. The summed E-state index contributed by atoms with van der Waals surface area (Å²) in [7, 11) is 2.08. The Kier molecular flexibility index (Phi) is 4.00. The van der Waals surface area contributed by atoms with Crippen LogP contribution in [-0.2, 0) is 7.05 Å². The topological polar surface area (TPSA) is 17.0 Å². The SMILES string of the molecule is CSCCC(C)Nc1ccc2c(ccn2C)c1. The van der Waals surface area contributed by atoms with Gasteiger partial charge in [-0.15, -0.1) is 0 Å². The van der Waals surface area contributed by atoms with Gasteiger partial charge >= 0.3 is 0 Å². The smallest absolute Gasteiger partial charge is 0.0479 e. The van der Waals surface area contributed by atoms with Gasteiger partial charge in [0.15, 0.2) is 0 Å². The summed E-state index contributed by atoms with van der Waals surface area (Å²) in [5, 5.41) is 4.86. The van der Waals surface area contributed by atoms with Gasteiger partial charge in [-0.3, -0.25) is 0 Å². The minimum absolute atomic E-state index is 0.531. The van der Waals surface area contributed by atoms with Crippen LogP contribution in [0.4, 0.5) is 5.69 Å². The molecule has 0 radical (unpaired) electrons. The van der Waals surface area contributed by atoms with Gasteiger partial charge in [-0.05, 0) is 49.6 Å². The lowest BCUT2D eigenvalue weighted by atomic mass is 10.2. The number of aromatic nitrogens is 1. The first-order valence-electron chi connectivity index (χ1n) is 6.01. The number of hydrogen-bond donors (Lipinski definition) is 1. The molecule has 1 atom stereocenters. The quantitative estimate of drug-likeness (QED) is 0.868. The van der Waals surface area contributed by atoms with Crippen molar-refractivity contribution in [3.05, 3.63) is 30.5 Å². The predicted molar refractivity (Wildman–Crippen MR) is 79.0 cm³/mol. The van der Waals surface area contributed by atoms with E-state index in [0.29, 0.717) is 6.04 Å². The molecule has 2 aromatic rings. The molecular formula is C14H20N2S. The van der Waals surface area contributed by atoms with Crippen LogP contribution in [0.3, 0.4) is 0 Å². The lowest BCUT2D eigenvalue weighted by Crippen LogP contribution is -2.15. The van der Waals surface area contributed by atoms with Crippen LogP contribution in [0.15, 0.2) is 30.5 Å². The number of aryl methyl sites for hydroxylation is 1. The predicted octanol–water partition coefficient (Wildman–Crippen LogP) is 3.73. The third-order valence-electron chi connectivity index (χ3n) is 3.05. The average molecular weight is 248 g/mol. The van der Waals surface area contributed by atoms with Crippen molar-refractivity contribution in [2.75, 3.05) is 17.3 Å². The fourth-order valence-corrected chi connectivity index (χ4v) is 2.61. The van der Waals surface area contributed by atoms with E-state index < -0.39 is 0 Å². The highest BCUT2D eigenvalue weighted by Gasteiger charge is 2.03. The molecule has 0 aliphatic carbocycles. The van der Waals surface area contributed by atoms with Crippen LogP contribution >= 0.6 is 11.8 Å². The highest BCUT2D eigenvalue weighted by molar-refractivity contribution is 7.98. The first-order valence-corrected chi connectivity index (χ1v) is 7.40. The molecule has 0 aliphatic rings. The maximum absolute atomic E-state index is 3.56. The first kappa shape index (κ1) is 12.4. The van der Waals surface area contributed by atoms with Crippen LogP contribution in [-0.4, -0.2) is 22.6 Å². The van der Waals surface area contributed by atoms with E-state index in [4.69, 9.17) is 0 Å². The van der Waals surface area contributed by atoms with Crippen LogP contribution in [0.25, 0.3) is 10.9 Å². The summed E-state index contributed by atoms with van der Waals surface area (Å²) in [4.78, 5) is 0. The van der Waals surface area contributed by atoms with Gasteiger partial charge in [0.05, 0.1) is 0 Å². The summed E-state index contributed by atoms with van der Waals surface area (Å²) < 4.78 is 2.15. The minimum Gasteiger partial charge on any atom is -0.383 e. The van der Waals surface area contributed by atoms with E-state index in [9.17, 15) is 0 Å². The number of hydrogen-bond acceptors (Lipinski definition) is 2. The number of nitrogens with zero attached hydrogens (tertiary/aromatic N) is 1. The summed E-state index contributed by atoms with van der Waals surface area (Å²) >= 11 is 1.90. The number of nitrogens with one attached hydrogen (secondary N) is 1. The Bertz CT molecular complexity index is 490. The number of fused-ring (bicyclic) bond motifs is 1. The Morgan fingerprint density at radius 2 is 2.18 bits per heavy atom. The van der Waals surface area contributed by atoms with Crippen LogP contribution in [0, 0.1) is 0 Å². The van der Waals surface area contributed by atoms with Crippen molar-refractivity contribution in [3.8, 4) is 0 Å². The lowest BCUT2D eigenvalue weighted by molar-refractivity contribution is 0.772. The van der Waals surface area contributed by atoms with Crippen LogP contribution in [0.2, 0.25) is 0 Å². The Balaban J connectivity index is 2.08. The van der Waals surface area contributed by atoms with Crippen molar-refractivity contribution in [3.63, 3.8) is 0 Å². The van der Waals surface area contributed by atoms with Gasteiger partial charge in [-0.2, -0.15) is 11.8 Å². The molecule has 1 unspecified atom stereocenters. The molecule has 1 aromatic heterocycles. The first-order chi connectivity index (χ1) is 8.20. The molecule has 1 N–H and O–H groups in total. The second kappa shape index (κ2) is 5.50. The van der Waals surface area contributed by atoms with Crippen molar-refractivity contribution in [2.24, 2.45) is 7.05 Å². The van der Waals surface area contributed by atoms with E-state index in [1.807, 2.05) is 11.8 Å². The third kappa shape index (κ3) is 2.97. The van der Waals surface area contributed by atoms with Gasteiger partial charge < -0.3 is 9.88 Å². The Labute approximate surface area is 107 Å². The summed E-state index contributed by atoms with van der Waals surface area (Å²) in [6, 6.07) is 9.26. The van der Waals surface area contributed by atoms with E-state index in [0.717, 1.165) is 0 Å². The molecular weight excluding hydrogens is 228 g/mol. The molecule has 0 aliphatic heterocycles. The van der Waals surface area contributed by atoms with E-state index in [1.54, 1.807) is 0 Å². The summed E-state index contributed by atoms with van der Waals surface area (Å²) in [5.41, 5.74) is 2.50. The van der Waals surface area contributed by atoms with E-state index in [1.165, 1.54) is 28.8 Å². The third-order valence-corrected chi connectivity index (χ3v) is 3.70. The highest BCUT2D eigenvalue weighted by atomic mass is 32.2. The zero-order valence-electron chi connectivity index (χ0n) is 10.7. The fourth-order valence-electron chi connectivity index (χ4n) is 2.02. The normalized spacial score (nSPS) is 12.9. The number of anilines is 1. The summed E-state index contributed by atoms with van der Waals surface area (Å²) in [5.74, 6) is 1.21. The molecule has 0 saturated heterocycles. The summed E-state index contributed by atoms with van der Waals surface area (Å²) in [6.45, 7) is 2.24. The van der Waals surface area contributed by atoms with Gasteiger partial charge in [0.2, 0.25) is 0 Å². The largest absolute Gasteiger partial charge is 0.383 e. The number of thioether (sulfide) groups is 1. The molecule has 2 rings (SSSR count). The molecule has 1 heterocycles. The molecule has 0 fully saturated rings. The molecule has 17 heavy (non-hydrogen) atoms. The summed E-state index contributed by atoms with van der Waals surface area (Å²) in [6.07, 6.45) is 5.46. The van der Waals surface area contributed by atoms with Crippen molar-refractivity contribution >= 4 is 28.4 Å². The molecule has 0 saturated carbocycles. The molecule has 2 nitrogen and oxygen atoms in total. The molecule has 1 aromatic carbocycles. The van der Waals surface area contributed by atoms with Crippen molar-refractivity contribution in [1.29, 1.82) is 0 Å². The minimum atomic E-state index is 0.531. The Hall–Kier alpha value is -1.09. The van der Waals surface area contributed by atoms with Gasteiger partial charge in [-0.1, -0.05) is 0 Å². The second-order valence-corrected chi connectivity index (χ2v) is 5.51. The Morgan fingerprint density at radius 1 is 1.35 bits per heavy atom. The van der Waals surface area contributed by atoms with Crippen LogP contribution in [0.5, 0.6) is 0 Å². The molecule has 0 bridgehead atoms. The van der Waals surface area contributed by atoms with Gasteiger partial charge in [-0.25, -0.2) is 0 Å². The van der Waals surface area contributed by atoms with Crippen LogP contribution in [0.1, 0.15) is 13.3 Å². The van der Waals surface area contributed by atoms with E-state index >= 15 is 0 Å². The molecule has 0 amide bonds. The highest BCUT2D eigenvalue weighted by Crippen LogP contribution is 2.20. The zero-order valence-corrected chi connectivity index (χ0v) is 11.6. The maximum Gasteiger partial charge on any atom is 0.0479 e. The van der Waals surface area contributed by atoms with Crippen molar-refractivity contribution < 1.29 is 0 Å². The van der Waals surface area contributed by atoms with Gasteiger partial charge in [0.25, 0.3) is 0 Å². The van der Waals surface area contributed by atoms with Gasteiger partial charge in [0, 0.05) is 35.9 Å². The van der Waals surface area contributed by atoms with Crippen molar-refractivity contribution in [2.45, 2.75) is 19.4 Å². The number of rotatable bonds is 5. The average Bonchev–Trinajstić information content (AvgIpc) is 2.68. The molecule has 0 spiro atoms. The van der Waals surface area contributed by atoms with E-state index in [2.05, 4.69) is 60.6 Å². The molecule has 3 heteroatoms. The monoisotopic (exact) mass is 248 g/mol. The Morgan fingerprint density at radius 3 is 2.94 bits per heavy atom. The fraction of sp³-hybridized carbons (Fsp3) is 0.429. The van der Waals surface area contributed by atoms with Crippen molar-refractivity contribution in [1.82, 2.24) is 4.57 Å². The lowest BCUT2D eigenvalue weighted by Gasteiger charge is -2.14. The van der Waals surface area contributed by atoms with E-state index in [-0.39, 0.29) is 0 Å². The standard InChI is InChI=1S/C14H20N2S/c1-11(7-9-17-3)15-13-4-5-14-12(10-13)6-8-16(14)2/h4-6,8,10-11,15H,7,9H2,1-3H3. The van der Waals surface area contributed by atoms with Crippen LogP contribution < -0.4 is 5.32 Å². The zero-order chi connectivity index (χ0) is 12.3. The second-order valence-electron chi connectivity index (χ2n) is 4.53. The number of benzene rings is 1.